The summed E-state index contributed by atoms with van der Waals surface area (Å²) >= 11 is 0. The summed E-state index contributed by atoms with van der Waals surface area (Å²) in [6, 6.07) is 4.39. The van der Waals surface area contributed by atoms with E-state index >= 15 is 0 Å². The third-order valence-electron chi connectivity index (χ3n) is 3.72. The van der Waals surface area contributed by atoms with E-state index in [1.807, 2.05) is 0 Å². The van der Waals surface area contributed by atoms with E-state index < -0.39 is 17.3 Å². The Balaban J connectivity index is 1.81. The minimum atomic E-state index is -4.42. The molecule has 3 aromatic rings. The van der Waals surface area contributed by atoms with Crippen molar-refractivity contribution in [1.82, 2.24) is 20.1 Å². The van der Waals surface area contributed by atoms with Crippen LogP contribution in [0.2, 0.25) is 0 Å². The van der Waals surface area contributed by atoms with E-state index in [0.29, 0.717) is 5.56 Å². The zero-order valence-electron chi connectivity index (χ0n) is 15.1. The lowest BCUT2D eigenvalue weighted by Crippen LogP contribution is -2.25. The van der Waals surface area contributed by atoms with Gasteiger partial charge >= 0.3 is 12.2 Å². The van der Waals surface area contributed by atoms with Crippen LogP contribution in [0.3, 0.4) is 0 Å². The number of benzene rings is 1. The van der Waals surface area contributed by atoms with E-state index in [0.717, 1.165) is 12.1 Å². The predicted octanol–water partition coefficient (Wildman–Crippen LogP) is 3.45. The van der Waals surface area contributed by atoms with Crippen molar-refractivity contribution < 1.29 is 27.2 Å². The van der Waals surface area contributed by atoms with Crippen LogP contribution in [0.1, 0.15) is 25.3 Å². The molecular weight excluding hydrogens is 379 g/mol. The largest absolute Gasteiger partial charge is 0.478 e. The molecule has 0 aliphatic rings. The first-order valence-corrected chi connectivity index (χ1v) is 7.97. The van der Waals surface area contributed by atoms with Gasteiger partial charge in [-0.15, -0.1) is 0 Å². The number of aromatic nitrogens is 4. The Bertz CT molecular complexity index is 971. The lowest BCUT2D eigenvalue weighted by molar-refractivity contribution is -0.137. The average Bonchev–Trinajstić information content (AvgIpc) is 3.11. The van der Waals surface area contributed by atoms with Crippen LogP contribution in [0.25, 0.3) is 11.4 Å². The van der Waals surface area contributed by atoms with E-state index in [2.05, 4.69) is 20.1 Å². The van der Waals surface area contributed by atoms with E-state index in [1.165, 1.54) is 25.4 Å². The summed E-state index contributed by atoms with van der Waals surface area (Å²) in [6.07, 6.45) is -3.03. The lowest BCUT2D eigenvalue weighted by atomic mass is 10.1. The molecule has 0 aliphatic heterocycles. The number of hydrogen-bond acceptors (Lipinski definition) is 8. The van der Waals surface area contributed by atoms with Crippen LogP contribution in [0.5, 0.6) is 11.8 Å². The number of halogens is 3. The maximum Gasteiger partial charge on any atom is 0.416 e. The van der Waals surface area contributed by atoms with E-state index in [9.17, 15) is 13.2 Å². The van der Waals surface area contributed by atoms with Gasteiger partial charge in [-0.2, -0.15) is 23.1 Å². The van der Waals surface area contributed by atoms with Crippen molar-refractivity contribution in [2.45, 2.75) is 25.6 Å². The first-order chi connectivity index (χ1) is 13.1. The molecular formula is C17H16F3N5O3. The zero-order chi connectivity index (χ0) is 20.5. The molecule has 0 spiro atoms. The molecule has 28 heavy (non-hydrogen) atoms. The maximum absolute atomic E-state index is 12.7. The van der Waals surface area contributed by atoms with Crippen LogP contribution in [0.4, 0.5) is 19.0 Å². The van der Waals surface area contributed by atoms with Gasteiger partial charge in [0.1, 0.15) is 11.6 Å². The number of nitrogens with two attached hydrogens (primary N) is 1. The van der Waals surface area contributed by atoms with Crippen molar-refractivity contribution in [2.24, 2.45) is 0 Å². The van der Waals surface area contributed by atoms with Gasteiger partial charge in [-0.05, 0) is 38.1 Å². The Morgan fingerprint density at radius 3 is 2.32 bits per heavy atom. The number of hydrogen-bond donors (Lipinski definition) is 1. The Morgan fingerprint density at radius 2 is 1.75 bits per heavy atom. The molecule has 1 aromatic carbocycles. The Morgan fingerprint density at radius 1 is 1.07 bits per heavy atom. The highest BCUT2D eigenvalue weighted by molar-refractivity contribution is 5.66. The van der Waals surface area contributed by atoms with Crippen LogP contribution >= 0.6 is 0 Å². The van der Waals surface area contributed by atoms with Gasteiger partial charge in [0.25, 0.3) is 5.89 Å². The summed E-state index contributed by atoms with van der Waals surface area (Å²) in [7, 11) is 1.40. The second-order valence-corrected chi connectivity index (χ2v) is 6.21. The Kier molecular flexibility index (Phi) is 4.84. The Labute approximate surface area is 157 Å². The van der Waals surface area contributed by atoms with E-state index in [-0.39, 0.29) is 29.3 Å². The molecule has 8 nitrogen and oxygen atoms in total. The Hall–Kier alpha value is -3.37. The van der Waals surface area contributed by atoms with Gasteiger partial charge in [-0.3, -0.25) is 0 Å². The van der Waals surface area contributed by atoms with Crippen molar-refractivity contribution in [3.63, 3.8) is 0 Å². The summed E-state index contributed by atoms with van der Waals surface area (Å²) < 4.78 is 53.8. The molecule has 0 radical (unpaired) electrons. The smallest absolute Gasteiger partial charge is 0.416 e. The van der Waals surface area contributed by atoms with Crippen molar-refractivity contribution >= 4 is 5.82 Å². The van der Waals surface area contributed by atoms with Crippen LogP contribution in [-0.2, 0) is 11.8 Å². The number of rotatable bonds is 5. The molecule has 148 valence electrons. The normalized spacial score (nSPS) is 12.1. The zero-order valence-corrected chi connectivity index (χ0v) is 15.1. The molecule has 2 aromatic heterocycles. The first-order valence-electron chi connectivity index (χ1n) is 7.97. The molecule has 0 atom stereocenters. The van der Waals surface area contributed by atoms with Crippen molar-refractivity contribution in [3.8, 4) is 23.1 Å². The first kappa shape index (κ1) is 19.4. The van der Waals surface area contributed by atoms with Crippen LogP contribution in [0.15, 0.2) is 35.0 Å². The molecule has 0 unspecified atom stereocenters. The maximum atomic E-state index is 12.7. The molecule has 0 saturated carbocycles. The topological polar surface area (TPSA) is 109 Å². The number of alkyl halides is 3. The fourth-order valence-electron chi connectivity index (χ4n) is 2.28. The third-order valence-corrected chi connectivity index (χ3v) is 3.72. The van der Waals surface area contributed by atoms with Gasteiger partial charge in [0.05, 0.1) is 18.2 Å². The van der Waals surface area contributed by atoms with E-state index in [4.69, 9.17) is 19.7 Å². The second-order valence-electron chi connectivity index (χ2n) is 6.21. The lowest BCUT2D eigenvalue weighted by Gasteiger charge is -2.22. The van der Waals surface area contributed by atoms with E-state index in [1.54, 1.807) is 13.8 Å². The van der Waals surface area contributed by atoms with Gasteiger partial charge in [0.2, 0.25) is 5.82 Å². The quantitative estimate of drug-likeness (QED) is 0.700. The molecule has 0 bridgehead atoms. The number of anilines is 1. The summed E-state index contributed by atoms with van der Waals surface area (Å²) in [6.45, 7) is 3.27. The molecule has 0 fully saturated rings. The second kappa shape index (κ2) is 6.98. The molecule has 3 rings (SSSR count). The highest BCUT2D eigenvalue weighted by Crippen LogP contribution is 2.33. The number of nitrogen functional groups attached to an aromatic ring is 1. The SMILES string of the molecule is COc1ncc(-c2noc(C(C)(C)Oc3ccc(C(F)(F)F)cc3)n2)c(N)n1. The minimum absolute atomic E-state index is 0.0935. The van der Waals surface area contributed by atoms with Crippen molar-refractivity contribution in [3.05, 3.63) is 41.9 Å². The third kappa shape index (κ3) is 3.97. The molecule has 2 N–H and O–H groups in total. The predicted molar refractivity (Wildman–Crippen MR) is 91.4 cm³/mol. The monoisotopic (exact) mass is 395 g/mol. The fourth-order valence-corrected chi connectivity index (χ4v) is 2.28. The van der Waals surface area contributed by atoms with Crippen LogP contribution < -0.4 is 15.2 Å². The highest BCUT2D eigenvalue weighted by atomic mass is 19.4. The standard InChI is InChI=1S/C17H16F3N5O3/c1-16(2,27-10-6-4-9(5-7-10)17(18,19)20)14-24-13(25-28-14)11-8-22-15(26-3)23-12(11)21/h4-8H,1-3H3,(H2,21,22,23). The minimum Gasteiger partial charge on any atom is -0.478 e. The number of ether oxygens (including phenoxy) is 2. The molecule has 0 amide bonds. The molecule has 11 heteroatoms. The van der Waals surface area contributed by atoms with Gasteiger partial charge in [0, 0.05) is 6.20 Å². The summed E-state index contributed by atoms with van der Waals surface area (Å²) in [4.78, 5) is 12.1. The summed E-state index contributed by atoms with van der Waals surface area (Å²) in [5.41, 5.74) is 4.29. The van der Waals surface area contributed by atoms with Crippen LogP contribution in [0, 0.1) is 0 Å². The fraction of sp³-hybridized carbons (Fsp3) is 0.294. The van der Waals surface area contributed by atoms with Crippen molar-refractivity contribution in [1.29, 1.82) is 0 Å². The molecule has 0 aliphatic carbocycles. The van der Waals surface area contributed by atoms with Gasteiger partial charge in [-0.25, -0.2) is 4.98 Å². The summed E-state index contributed by atoms with van der Waals surface area (Å²) in [5, 5.41) is 3.84. The molecule has 0 saturated heterocycles. The van der Waals surface area contributed by atoms with Gasteiger partial charge in [0.15, 0.2) is 5.60 Å². The number of methoxy groups -OCH3 is 1. The highest BCUT2D eigenvalue weighted by Gasteiger charge is 2.33. The number of nitrogens with zero attached hydrogens (tertiary/aromatic N) is 4. The van der Waals surface area contributed by atoms with Gasteiger partial charge in [-0.1, -0.05) is 5.16 Å². The summed E-state index contributed by atoms with van der Waals surface area (Å²) in [5.74, 6) is 0.544. The molecule has 2 heterocycles. The van der Waals surface area contributed by atoms with Crippen LogP contribution in [-0.4, -0.2) is 27.2 Å². The van der Waals surface area contributed by atoms with Crippen molar-refractivity contribution in [2.75, 3.05) is 12.8 Å². The van der Waals surface area contributed by atoms with Gasteiger partial charge < -0.3 is 19.7 Å². The average molecular weight is 395 g/mol.